The number of thioether (sulfide) groups is 1. The summed E-state index contributed by atoms with van der Waals surface area (Å²) < 4.78 is 13.6. The van der Waals surface area contributed by atoms with Crippen LogP contribution in [-0.2, 0) is 5.75 Å². The highest BCUT2D eigenvalue weighted by atomic mass is 32.2. The molecule has 0 radical (unpaired) electrons. The van der Waals surface area contributed by atoms with Gasteiger partial charge in [0.25, 0.3) is 0 Å². The minimum Gasteiger partial charge on any atom is -0.330 e. The lowest BCUT2D eigenvalue weighted by Crippen LogP contribution is -2.12. The van der Waals surface area contributed by atoms with Crippen molar-refractivity contribution in [3.8, 4) is 6.07 Å². The van der Waals surface area contributed by atoms with Gasteiger partial charge >= 0.3 is 0 Å². The van der Waals surface area contributed by atoms with Gasteiger partial charge in [-0.05, 0) is 29.8 Å². The van der Waals surface area contributed by atoms with Gasteiger partial charge in [0, 0.05) is 5.75 Å². The van der Waals surface area contributed by atoms with Gasteiger partial charge in [0.05, 0.1) is 5.56 Å². The highest BCUT2D eigenvalue weighted by molar-refractivity contribution is 7.98. The molecular weight excluding hydrogens is 223 g/mol. The van der Waals surface area contributed by atoms with Crippen molar-refractivity contribution in [3.05, 3.63) is 35.1 Å². The van der Waals surface area contributed by atoms with Gasteiger partial charge in [0.1, 0.15) is 11.9 Å². The first kappa shape index (κ1) is 13.0. The quantitative estimate of drug-likeness (QED) is 0.857. The molecule has 0 bridgehead atoms. The summed E-state index contributed by atoms with van der Waals surface area (Å²) in [5.41, 5.74) is 6.20. The summed E-state index contributed by atoms with van der Waals surface area (Å²) in [6, 6.07) is 6.76. The summed E-state index contributed by atoms with van der Waals surface area (Å²) in [5, 5.41) is 8.68. The van der Waals surface area contributed by atoms with Crippen LogP contribution in [0.2, 0.25) is 0 Å². The number of nitriles is 1. The lowest BCUT2D eigenvalue weighted by molar-refractivity contribution is 0.613. The first-order valence-corrected chi connectivity index (χ1v) is 6.29. The largest absolute Gasteiger partial charge is 0.330 e. The van der Waals surface area contributed by atoms with E-state index in [1.807, 2.05) is 6.07 Å². The molecule has 0 fully saturated rings. The Labute approximate surface area is 99.6 Å². The third-order valence-electron chi connectivity index (χ3n) is 2.26. The lowest BCUT2D eigenvalue weighted by Gasteiger charge is -2.08. The van der Waals surface area contributed by atoms with Gasteiger partial charge in [-0.2, -0.15) is 17.0 Å². The summed E-state index contributed by atoms with van der Waals surface area (Å²) in [5.74, 6) is 1.54. The maximum absolute atomic E-state index is 13.6. The van der Waals surface area contributed by atoms with Crippen LogP contribution in [0.3, 0.4) is 0 Å². The van der Waals surface area contributed by atoms with E-state index < -0.39 is 5.82 Å². The van der Waals surface area contributed by atoms with Gasteiger partial charge < -0.3 is 5.73 Å². The number of nitrogens with zero attached hydrogens (tertiary/aromatic N) is 1. The first-order valence-electron chi connectivity index (χ1n) is 5.14. The van der Waals surface area contributed by atoms with E-state index in [0.717, 1.165) is 5.75 Å². The molecule has 1 rings (SSSR count). The van der Waals surface area contributed by atoms with E-state index in [1.165, 1.54) is 6.07 Å². The predicted molar refractivity (Wildman–Crippen MR) is 65.5 cm³/mol. The van der Waals surface area contributed by atoms with E-state index in [0.29, 0.717) is 23.8 Å². The summed E-state index contributed by atoms with van der Waals surface area (Å²) in [6.07, 6.45) is 0. The van der Waals surface area contributed by atoms with Crippen molar-refractivity contribution < 1.29 is 4.39 Å². The first-order chi connectivity index (χ1) is 7.69. The van der Waals surface area contributed by atoms with Crippen molar-refractivity contribution in [2.75, 3.05) is 12.3 Å². The fourth-order valence-corrected chi connectivity index (χ4v) is 2.31. The zero-order chi connectivity index (χ0) is 12.0. The Hall–Kier alpha value is -1.05. The van der Waals surface area contributed by atoms with Gasteiger partial charge in [0.15, 0.2) is 0 Å². The molecule has 0 amide bonds. The topological polar surface area (TPSA) is 49.8 Å². The Balaban J connectivity index is 2.58. The zero-order valence-corrected chi connectivity index (χ0v) is 10.1. The van der Waals surface area contributed by atoms with Gasteiger partial charge in [-0.15, -0.1) is 0 Å². The molecule has 0 spiro atoms. The molecule has 1 unspecified atom stereocenters. The van der Waals surface area contributed by atoms with E-state index in [2.05, 4.69) is 6.92 Å². The van der Waals surface area contributed by atoms with Crippen LogP contribution >= 0.6 is 11.8 Å². The Kier molecular flexibility index (Phi) is 5.30. The molecule has 0 aliphatic carbocycles. The number of rotatable bonds is 5. The van der Waals surface area contributed by atoms with Crippen LogP contribution in [0.5, 0.6) is 0 Å². The molecule has 1 aromatic rings. The predicted octanol–water partition coefficient (Wildman–Crippen LogP) is 2.53. The fourth-order valence-electron chi connectivity index (χ4n) is 1.22. The van der Waals surface area contributed by atoms with Crippen molar-refractivity contribution >= 4 is 11.8 Å². The molecule has 0 saturated heterocycles. The monoisotopic (exact) mass is 238 g/mol. The average molecular weight is 238 g/mol. The summed E-state index contributed by atoms with van der Waals surface area (Å²) >= 11 is 1.64. The molecule has 1 aromatic carbocycles. The van der Waals surface area contributed by atoms with E-state index in [9.17, 15) is 4.39 Å². The van der Waals surface area contributed by atoms with Crippen LogP contribution in [0.4, 0.5) is 4.39 Å². The van der Waals surface area contributed by atoms with E-state index in [1.54, 1.807) is 23.9 Å². The molecule has 1 atom stereocenters. The van der Waals surface area contributed by atoms with Gasteiger partial charge in [-0.25, -0.2) is 4.39 Å². The van der Waals surface area contributed by atoms with E-state index >= 15 is 0 Å². The maximum atomic E-state index is 13.6. The third-order valence-corrected chi connectivity index (χ3v) is 3.58. The third kappa shape index (κ3) is 3.51. The van der Waals surface area contributed by atoms with Crippen molar-refractivity contribution in [2.24, 2.45) is 11.7 Å². The molecule has 0 aliphatic rings. The molecule has 0 aromatic heterocycles. The van der Waals surface area contributed by atoms with Crippen molar-refractivity contribution in [1.29, 1.82) is 5.26 Å². The highest BCUT2D eigenvalue weighted by Crippen LogP contribution is 2.19. The molecule has 86 valence electrons. The molecule has 2 N–H and O–H groups in total. The SMILES string of the molecule is CC(CN)CSCc1cccc(C#N)c1F. The molecule has 0 saturated carbocycles. The minimum absolute atomic E-state index is 0.116. The van der Waals surface area contributed by atoms with Crippen LogP contribution in [0, 0.1) is 23.1 Å². The zero-order valence-electron chi connectivity index (χ0n) is 9.24. The Bertz CT molecular complexity index is 387. The molecule has 2 nitrogen and oxygen atoms in total. The Morgan fingerprint density at radius 3 is 2.94 bits per heavy atom. The second kappa shape index (κ2) is 6.51. The smallest absolute Gasteiger partial charge is 0.144 e. The number of hydrogen-bond acceptors (Lipinski definition) is 3. The van der Waals surface area contributed by atoms with E-state index in [4.69, 9.17) is 11.0 Å². The van der Waals surface area contributed by atoms with Crippen LogP contribution in [-0.4, -0.2) is 12.3 Å². The number of hydrogen-bond donors (Lipinski definition) is 1. The Morgan fingerprint density at radius 2 is 2.31 bits per heavy atom. The second-order valence-corrected chi connectivity index (χ2v) is 4.78. The van der Waals surface area contributed by atoms with Crippen LogP contribution in [0.15, 0.2) is 18.2 Å². The molecule has 0 aliphatic heterocycles. The minimum atomic E-state index is -0.391. The summed E-state index contributed by atoms with van der Waals surface area (Å²) in [7, 11) is 0. The molecule has 0 heterocycles. The number of nitrogens with two attached hydrogens (primary N) is 1. The van der Waals surface area contributed by atoms with Crippen molar-refractivity contribution in [3.63, 3.8) is 0 Å². The fraction of sp³-hybridized carbons (Fsp3) is 0.417. The molecular formula is C12H15FN2S. The number of halogens is 1. The number of benzene rings is 1. The van der Waals surface area contributed by atoms with Crippen molar-refractivity contribution in [1.82, 2.24) is 0 Å². The summed E-state index contributed by atoms with van der Waals surface area (Å²) in [6.45, 7) is 2.71. The van der Waals surface area contributed by atoms with Crippen LogP contribution < -0.4 is 5.73 Å². The lowest BCUT2D eigenvalue weighted by atomic mass is 10.1. The standard InChI is InChI=1S/C12H15FN2S/c1-9(5-14)7-16-8-11-4-2-3-10(6-15)12(11)13/h2-4,9H,5,7-8,14H2,1H3. The van der Waals surface area contributed by atoms with Gasteiger partial charge in [-0.1, -0.05) is 19.1 Å². The summed E-state index contributed by atoms with van der Waals surface area (Å²) in [4.78, 5) is 0. The van der Waals surface area contributed by atoms with Gasteiger partial charge in [-0.3, -0.25) is 0 Å². The van der Waals surface area contributed by atoms with Gasteiger partial charge in [0.2, 0.25) is 0 Å². The highest BCUT2D eigenvalue weighted by Gasteiger charge is 2.08. The molecule has 16 heavy (non-hydrogen) atoms. The second-order valence-electron chi connectivity index (χ2n) is 3.75. The van der Waals surface area contributed by atoms with Crippen LogP contribution in [0.25, 0.3) is 0 Å². The normalized spacial score (nSPS) is 12.1. The maximum Gasteiger partial charge on any atom is 0.144 e. The van der Waals surface area contributed by atoms with E-state index in [-0.39, 0.29) is 5.56 Å². The van der Waals surface area contributed by atoms with Crippen LogP contribution in [0.1, 0.15) is 18.1 Å². The average Bonchev–Trinajstić information content (AvgIpc) is 2.31. The Morgan fingerprint density at radius 1 is 1.56 bits per heavy atom. The van der Waals surface area contributed by atoms with Crippen molar-refractivity contribution in [2.45, 2.75) is 12.7 Å². The molecule has 4 heteroatoms.